The first-order valence-corrected chi connectivity index (χ1v) is 7.10. The van der Waals surface area contributed by atoms with Crippen molar-refractivity contribution in [3.05, 3.63) is 64.2 Å². The number of hydrogen-bond donors (Lipinski definition) is 3. The second-order valence-corrected chi connectivity index (χ2v) is 4.93. The lowest BCUT2D eigenvalue weighted by Crippen LogP contribution is -2.24. The monoisotopic (exact) mass is 328 g/mol. The molecule has 0 radical (unpaired) electrons. The Morgan fingerprint density at radius 2 is 1.67 bits per heavy atom. The summed E-state index contributed by atoms with van der Waals surface area (Å²) in [7, 11) is 1.51. The summed E-state index contributed by atoms with van der Waals surface area (Å²) in [6.07, 6.45) is 0.0884. The van der Waals surface area contributed by atoms with Gasteiger partial charge in [0.15, 0.2) is 0 Å². The molecule has 2 rings (SSSR count). The summed E-state index contributed by atoms with van der Waals surface area (Å²) in [5, 5.41) is 18.4. The van der Waals surface area contributed by atoms with Crippen molar-refractivity contribution in [2.24, 2.45) is 0 Å². The van der Waals surface area contributed by atoms with E-state index in [-0.39, 0.29) is 24.0 Å². The Morgan fingerprint density at radius 3 is 2.25 bits per heavy atom. The van der Waals surface area contributed by atoms with Crippen molar-refractivity contribution in [2.75, 3.05) is 17.7 Å². The zero-order valence-electron chi connectivity index (χ0n) is 12.9. The molecule has 124 valence electrons. The van der Waals surface area contributed by atoms with Crippen molar-refractivity contribution in [1.29, 1.82) is 0 Å². The SMILES string of the molecule is CNC(=O)Nc1cccc(NC(=O)Cc2ccc([N+](=O)[O-])cc2)c1. The highest BCUT2D eigenvalue weighted by atomic mass is 16.6. The summed E-state index contributed by atoms with van der Waals surface area (Å²) >= 11 is 0. The maximum atomic E-state index is 12.0. The minimum Gasteiger partial charge on any atom is -0.341 e. The van der Waals surface area contributed by atoms with Crippen molar-refractivity contribution >= 4 is 29.0 Å². The van der Waals surface area contributed by atoms with E-state index in [0.29, 0.717) is 16.9 Å². The molecular formula is C16H16N4O4. The molecule has 0 aromatic heterocycles. The number of hydrogen-bond acceptors (Lipinski definition) is 4. The van der Waals surface area contributed by atoms with Gasteiger partial charge in [0.2, 0.25) is 5.91 Å². The van der Waals surface area contributed by atoms with Crippen LogP contribution in [0.2, 0.25) is 0 Å². The van der Waals surface area contributed by atoms with Crippen molar-refractivity contribution in [2.45, 2.75) is 6.42 Å². The normalized spacial score (nSPS) is 9.88. The smallest absolute Gasteiger partial charge is 0.318 e. The number of nitrogens with one attached hydrogen (secondary N) is 3. The Hall–Kier alpha value is -3.42. The summed E-state index contributed by atoms with van der Waals surface area (Å²) in [6.45, 7) is 0. The summed E-state index contributed by atoms with van der Waals surface area (Å²) in [5.41, 5.74) is 1.73. The maximum Gasteiger partial charge on any atom is 0.318 e. The fourth-order valence-electron chi connectivity index (χ4n) is 1.99. The van der Waals surface area contributed by atoms with Crippen molar-refractivity contribution in [3.63, 3.8) is 0 Å². The van der Waals surface area contributed by atoms with Gasteiger partial charge in [-0.1, -0.05) is 18.2 Å². The summed E-state index contributed by atoms with van der Waals surface area (Å²) in [5.74, 6) is -0.263. The molecule has 0 atom stereocenters. The second kappa shape index (κ2) is 7.73. The van der Waals surface area contributed by atoms with Gasteiger partial charge in [0.05, 0.1) is 11.3 Å². The summed E-state index contributed by atoms with van der Waals surface area (Å²) < 4.78 is 0. The van der Waals surface area contributed by atoms with Crippen LogP contribution in [0.5, 0.6) is 0 Å². The van der Waals surface area contributed by atoms with Gasteiger partial charge >= 0.3 is 6.03 Å². The lowest BCUT2D eigenvalue weighted by molar-refractivity contribution is -0.384. The number of nitro groups is 1. The molecule has 0 fully saturated rings. The lowest BCUT2D eigenvalue weighted by Gasteiger charge is -2.08. The van der Waals surface area contributed by atoms with E-state index in [1.165, 1.54) is 19.2 Å². The minimum atomic E-state index is -0.491. The van der Waals surface area contributed by atoms with E-state index in [0.717, 1.165) is 0 Å². The Morgan fingerprint density at radius 1 is 1.04 bits per heavy atom. The van der Waals surface area contributed by atoms with Crippen LogP contribution in [0.4, 0.5) is 21.9 Å². The van der Waals surface area contributed by atoms with Gasteiger partial charge in [-0.2, -0.15) is 0 Å². The molecule has 3 amide bonds. The van der Waals surface area contributed by atoms with Gasteiger partial charge in [0.25, 0.3) is 5.69 Å². The first kappa shape index (κ1) is 16.9. The number of urea groups is 1. The zero-order valence-corrected chi connectivity index (χ0v) is 12.9. The quantitative estimate of drug-likeness (QED) is 0.578. The van der Waals surface area contributed by atoms with E-state index in [1.54, 1.807) is 36.4 Å². The molecule has 0 heterocycles. The molecule has 0 bridgehead atoms. The highest BCUT2D eigenvalue weighted by Gasteiger charge is 2.08. The molecular weight excluding hydrogens is 312 g/mol. The molecule has 0 aliphatic heterocycles. The zero-order chi connectivity index (χ0) is 17.5. The molecule has 0 spiro atoms. The van der Waals surface area contributed by atoms with Gasteiger partial charge in [-0.3, -0.25) is 14.9 Å². The number of anilines is 2. The number of carbonyl (C=O) groups excluding carboxylic acids is 2. The van der Waals surface area contributed by atoms with E-state index in [2.05, 4.69) is 16.0 Å². The highest BCUT2D eigenvalue weighted by Crippen LogP contribution is 2.16. The van der Waals surface area contributed by atoms with E-state index >= 15 is 0 Å². The van der Waals surface area contributed by atoms with Gasteiger partial charge < -0.3 is 16.0 Å². The average Bonchev–Trinajstić information content (AvgIpc) is 2.55. The molecule has 0 unspecified atom stereocenters. The molecule has 24 heavy (non-hydrogen) atoms. The lowest BCUT2D eigenvalue weighted by atomic mass is 10.1. The molecule has 0 aliphatic rings. The Kier molecular flexibility index (Phi) is 5.45. The number of nitro benzene ring substituents is 1. The van der Waals surface area contributed by atoms with Gasteiger partial charge in [-0.25, -0.2) is 4.79 Å². The van der Waals surface area contributed by atoms with Crippen LogP contribution in [0.1, 0.15) is 5.56 Å². The van der Waals surface area contributed by atoms with Crippen LogP contribution in [0, 0.1) is 10.1 Å². The van der Waals surface area contributed by atoms with Crippen LogP contribution in [-0.4, -0.2) is 23.9 Å². The molecule has 0 saturated carbocycles. The average molecular weight is 328 g/mol. The molecule has 8 heteroatoms. The number of rotatable bonds is 5. The number of carbonyl (C=O) groups is 2. The Bertz CT molecular complexity index is 759. The van der Waals surface area contributed by atoms with Crippen LogP contribution >= 0.6 is 0 Å². The fourth-order valence-corrected chi connectivity index (χ4v) is 1.99. The number of amides is 3. The minimum absolute atomic E-state index is 0.0212. The molecule has 8 nitrogen and oxygen atoms in total. The molecule has 3 N–H and O–H groups in total. The molecule has 2 aromatic carbocycles. The Balaban J connectivity index is 1.98. The van der Waals surface area contributed by atoms with Crippen LogP contribution in [-0.2, 0) is 11.2 Å². The third-order valence-corrected chi connectivity index (χ3v) is 3.14. The standard InChI is InChI=1S/C16H16N4O4/c1-17-16(22)19-13-4-2-3-12(10-13)18-15(21)9-11-5-7-14(8-6-11)20(23)24/h2-8,10H,9H2,1H3,(H,18,21)(H2,17,19,22). The Labute approximate surface area is 138 Å². The van der Waals surface area contributed by atoms with Crippen LogP contribution in [0.15, 0.2) is 48.5 Å². The highest BCUT2D eigenvalue weighted by molar-refractivity contribution is 5.94. The van der Waals surface area contributed by atoms with Crippen LogP contribution < -0.4 is 16.0 Å². The van der Waals surface area contributed by atoms with E-state index in [1.807, 2.05) is 0 Å². The van der Waals surface area contributed by atoms with Gasteiger partial charge in [0, 0.05) is 30.6 Å². The van der Waals surface area contributed by atoms with Crippen molar-refractivity contribution in [3.8, 4) is 0 Å². The first-order valence-electron chi connectivity index (χ1n) is 7.10. The van der Waals surface area contributed by atoms with E-state index in [4.69, 9.17) is 0 Å². The van der Waals surface area contributed by atoms with Gasteiger partial charge in [-0.15, -0.1) is 0 Å². The topological polar surface area (TPSA) is 113 Å². The van der Waals surface area contributed by atoms with Crippen LogP contribution in [0.25, 0.3) is 0 Å². The molecule has 0 saturated heterocycles. The van der Waals surface area contributed by atoms with Gasteiger partial charge in [0.1, 0.15) is 0 Å². The number of nitrogens with zero attached hydrogens (tertiary/aromatic N) is 1. The third-order valence-electron chi connectivity index (χ3n) is 3.14. The third kappa shape index (κ3) is 4.80. The van der Waals surface area contributed by atoms with Crippen molar-refractivity contribution in [1.82, 2.24) is 5.32 Å². The van der Waals surface area contributed by atoms with Crippen molar-refractivity contribution < 1.29 is 14.5 Å². The second-order valence-electron chi connectivity index (χ2n) is 4.93. The number of benzene rings is 2. The predicted octanol–water partition coefficient (Wildman–Crippen LogP) is 2.53. The summed E-state index contributed by atoms with van der Waals surface area (Å²) in [4.78, 5) is 33.4. The predicted molar refractivity (Wildman–Crippen MR) is 90.0 cm³/mol. The molecule has 0 aliphatic carbocycles. The number of non-ortho nitro benzene ring substituents is 1. The fraction of sp³-hybridized carbons (Fsp3) is 0.125. The maximum absolute atomic E-state index is 12.0. The van der Waals surface area contributed by atoms with E-state index < -0.39 is 4.92 Å². The largest absolute Gasteiger partial charge is 0.341 e. The molecule has 2 aromatic rings. The van der Waals surface area contributed by atoms with Crippen LogP contribution in [0.3, 0.4) is 0 Å². The van der Waals surface area contributed by atoms with E-state index in [9.17, 15) is 19.7 Å². The first-order chi connectivity index (χ1) is 11.5. The van der Waals surface area contributed by atoms with Gasteiger partial charge in [-0.05, 0) is 23.8 Å². The summed E-state index contributed by atoms with van der Waals surface area (Å²) in [6, 6.07) is 12.2.